The number of hydrogen-bond donors (Lipinski definition) is 2. The van der Waals surface area contributed by atoms with Crippen LogP contribution in [0.15, 0.2) is 66.7 Å². The Morgan fingerprint density at radius 2 is 1.74 bits per heavy atom. The number of H-pyrrole nitrogens is 1. The highest BCUT2D eigenvalue weighted by Gasteiger charge is 2.21. The van der Waals surface area contributed by atoms with Crippen molar-refractivity contribution in [2.45, 2.75) is 19.3 Å². The zero-order valence-corrected chi connectivity index (χ0v) is 17.2. The van der Waals surface area contributed by atoms with Crippen molar-refractivity contribution in [3.05, 3.63) is 78.0 Å². The van der Waals surface area contributed by atoms with Gasteiger partial charge in [-0.05, 0) is 55.0 Å². The first-order valence-electron chi connectivity index (χ1n) is 10.6. The lowest BCUT2D eigenvalue weighted by Gasteiger charge is -2.32. The SMILES string of the molecule is O=C(Nc1nc2ccccc2[nH]1)c1ccc(N2CCC(Cc3ccccc3)CC2)nn1. The van der Waals surface area contributed by atoms with E-state index >= 15 is 0 Å². The van der Waals surface area contributed by atoms with Gasteiger partial charge in [0.15, 0.2) is 11.5 Å². The van der Waals surface area contributed by atoms with E-state index in [0.717, 1.165) is 49.2 Å². The molecule has 0 unspecified atom stereocenters. The van der Waals surface area contributed by atoms with Crippen molar-refractivity contribution in [2.24, 2.45) is 5.92 Å². The molecule has 0 radical (unpaired) electrons. The van der Waals surface area contributed by atoms with Gasteiger partial charge in [-0.25, -0.2) is 4.98 Å². The number of rotatable bonds is 5. The number of para-hydroxylation sites is 2. The van der Waals surface area contributed by atoms with Crippen LogP contribution in [0.2, 0.25) is 0 Å². The summed E-state index contributed by atoms with van der Waals surface area (Å²) < 4.78 is 0. The molecule has 0 bridgehead atoms. The van der Waals surface area contributed by atoms with E-state index in [9.17, 15) is 4.79 Å². The smallest absolute Gasteiger partial charge is 0.278 e. The predicted octanol–water partition coefficient (Wildman–Crippen LogP) is 4.06. The summed E-state index contributed by atoms with van der Waals surface area (Å²) in [5.74, 6) is 1.58. The summed E-state index contributed by atoms with van der Waals surface area (Å²) >= 11 is 0. The van der Waals surface area contributed by atoms with E-state index in [4.69, 9.17) is 0 Å². The number of piperidine rings is 1. The normalized spacial score (nSPS) is 14.6. The number of fused-ring (bicyclic) bond motifs is 1. The van der Waals surface area contributed by atoms with E-state index in [1.165, 1.54) is 5.56 Å². The molecule has 4 aromatic rings. The van der Waals surface area contributed by atoms with Gasteiger partial charge in [-0.15, -0.1) is 10.2 Å². The number of carbonyl (C=O) groups is 1. The van der Waals surface area contributed by atoms with Gasteiger partial charge in [0, 0.05) is 13.1 Å². The van der Waals surface area contributed by atoms with Crippen molar-refractivity contribution in [3.8, 4) is 0 Å². The molecule has 7 nitrogen and oxygen atoms in total. The molecule has 2 aromatic heterocycles. The Labute approximate surface area is 180 Å². The molecule has 0 spiro atoms. The van der Waals surface area contributed by atoms with Crippen molar-refractivity contribution < 1.29 is 4.79 Å². The number of carbonyl (C=O) groups excluding carboxylic acids is 1. The Bertz CT molecular complexity index is 1130. The summed E-state index contributed by atoms with van der Waals surface area (Å²) in [5, 5.41) is 11.2. The zero-order chi connectivity index (χ0) is 21.0. The average Bonchev–Trinajstić information content (AvgIpc) is 3.23. The van der Waals surface area contributed by atoms with Crippen LogP contribution in [0.4, 0.5) is 11.8 Å². The first-order chi connectivity index (χ1) is 15.2. The van der Waals surface area contributed by atoms with E-state index in [1.807, 2.05) is 30.3 Å². The van der Waals surface area contributed by atoms with E-state index < -0.39 is 0 Å². The van der Waals surface area contributed by atoms with Gasteiger partial charge in [0.1, 0.15) is 0 Å². The zero-order valence-electron chi connectivity index (χ0n) is 17.2. The molecule has 0 atom stereocenters. The minimum atomic E-state index is -0.334. The van der Waals surface area contributed by atoms with Crippen molar-refractivity contribution in [1.29, 1.82) is 0 Å². The molecular formula is C24H24N6O. The number of nitrogens with zero attached hydrogens (tertiary/aromatic N) is 4. The lowest BCUT2D eigenvalue weighted by molar-refractivity contribution is 0.102. The highest BCUT2D eigenvalue weighted by molar-refractivity contribution is 6.02. The van der Waals surface area contributed by atoms with Gasteiger partial charge in [-0.1, -0.05) is 42.5 Å². The fraction of sp³-hybridized carbons (Fsp3) is 0.250. The predicted molar refractivity (Wildman–Crippen MR) is 121 cm³/mol. The van der Waals surface area contributed by atoms with Gasteiger partial charge < -0.3 is 9.88 Å². The van der Waals surface area contributed by atoms with Crippen LogP contribution in [0.25, 0.3) is 11.0 Å². The van der Waals surface area contributed by atoms with E-state index in [1.54, 1.807) is 6.07 Å². The second-order valence-electron chi connectivity index (χ2n) is 7.95. The molecule has 2 aromatic carbocycles. The molecule has 1 saturated heterocycles. The summed E-state index contributed by atoms with van der Waals surface area (Å²) in [6.07, 6.45) is 3.39. The van der Waals surface area contributed by atoms with E-state index in [2.05, 4.69) is 60.7 Å². The van der Waals surface area contributed by atoms with Crippen LogP contribution in [0.5, 0.6) is 0 Å². The Hall–Kier alpha value is -3.74. The van der Waals surface area contributed by atoms with Gasteiger partial charge in [-0.2, -0.15) is 0 Å². The molecule has 1 aliphatic heterocycles. The fourth-order valence-corrected chi connectivity index (χ4v) is 4.11. The Morgan fingerprint density at radius 3 is 2.48 bits per heavy atom. The molecule has 5 rings (SSSR count). The van der Waals surface area contributed by atoms with Crippen LogP contribution in [0.1, 0.15) is 28.9 Å². The third-order valence-corrected chi connectivity index (χ3v) is 5.81. The number of aromatic nitrogens is 4. The molecule has 1 aliphatic rings. The molecule has 3 heterocycles. The minimum absolute atomic E-state index is 0.267. The largest absolute Gasteiger partial charge is 0.355 e. The van der Waals surface area contributed by atoms with Crippen molar-refractivity contribution >= 4 is 28.7 Å². The number of aromatic amines is 1. The van der Waals surface area contributed by atoms with Gasteiger partial charge in [0.2, 0.25) is 5.95 Å². The average molecular weight is 412 g/mol. The van der Waals surface area contributed by atoms with Crippen molar-refractivity contribution in [1.82, 2.24) is 20.2 Å². The van der Waals surface area contributed by atoms with Gasteiger partial charge >= 0.3 is 0 Å². The van der Waals surface area contributed by atoms with Gasteiger partial charge in [0.05, 0.1) is 11.0 Å². The van der Waals surface area contributed by atoms with Crippen LogP contribution in [-0.4, -0.2) is 39.2 Å². The first-order valence-corrected chi connectivity index (χ1v) is 10.6. The van der Waals surface area contributed by atoms with Gasteiger partial charge in [0.25, 0.3) is 5.91 Å². The first kappa shape index (κ1) is 19.2. The molecule has 0 saturated carbocycles. The second-order valence-corrected chi connectivity index (χ2v) is 7.95. The number of benzene rings is 2. The van der Waals surface area contributed by atoms with Crippen molar-refractivity contribution in [2.75, 3.05) is 23.3 Å². The van der Waals surface area contributed by atoms with Crippen LogP contribution >= 0.6 is 0 Å². The summed E-state index contributed by atoms with van der Waals surface area (Å²) in [6, 6.07) is 21.9. The van der Waals surface area contributed by atoms with Crippen LogP contribution < -0.4 is 10.2 Å². The van der Waals surface area contributed by atoms with Crippen LogP contribution in [0.3, 0.4) is 0 Å². The number of hydrogen-bond acceptors (Lipinski definition) is 5. The second kappa shape index (κ2) is 8.55. The Balaban J connectivity index is 1.17. The highest BCUT2D eigenvalue weighted by Crippen LogP contribution is 2.24. The maximum absolute atomic E-state index is 12.5. The minimum Gasteiger partial charge on any atom is -0.355 e. The summed E-state index contributed by atoms with van der Waals surface area (Å²) in [6.45, 7) is 1.91. The number of amides is 1. The maximum atomic E-state index is 12.5. The lowest BCUT2D eigenvalue weighted by atomic mass is 9.90. The summed E-state index contributed by atoms with van der Waals surface area (Å²) in [7, 11) is 0. The van der Waals surface area contributed by atoms with Gasteiger partial charge in [-0.3, -0.25) is 10.1 Å². The lowest BCUT2D eigenvalue weighted by Crippen LogP contribution is -2.35. The maximum Gasteiger partial charge on any atom is 0.278 e. The molecule has 31 heavy (non-hydrogen) atoms. The molecule has 2 N–H and O–H groups in total. The third kappa shape index (κ3) is 4.40. The summed E-state index contributed by atoms with van der Waals surface area (Å²) in [4.78, 5) is 22.2. The molecular weight excluding hydrogens is 388 g/mol. The van der Waals surface area contributed by atoms with E-state index in [0.29, 0.717) is 11.9 Å². The monoisotopic (exact) mass is 412 g/mol. The topological polar surface area (TPSA) is 86.8 Å². The van der Waals surface area contributed by atoms with Crippen LogP contribution in [-0.2, 0) is 6.42 Å². The van der Waals surface area contributed by atoms with E-state index in [-0.39, 0.29) is 11.6 Å². The third-order valence-electron chi connectivity index (χ3n) is 5.81. The number of imidazole rings is 1. The molecule has 156 valence electrons. The summed E-state index contributed by atoms with van der Waals surface area (Å²) in [5.41, 5.74) is 3.34. The standard InChI is InChI=1S/C24H24N6O/c31-23(27-24-25-19-8-4-5-9-20(19)26-24)21-10-11-22(29-28-21)30-14-12-18(13-15-30)16-17-6-2-1-3-7-17/h1-11,18H,12-16H2,(H2,25,26,27,31). The van der Waals surface area contributed by atoms with Crippen LogP contribution in [0, 0.1) is 5.92 Å². The fourth-order valence-electron chi connectivity index (χ4n) is 4.11. The molecule has 7 heteroatoms. The highest BCUT2D eigenvalue weighted by atomic mass is 16.2. The quantitative estimate of drug-likeness (QED) is 0.516. The van der Waals surface area contributed by atoms with Crippen molar-refractivity contribution in [3.63, 3.8) is 0 Å². The number of anilines is 2. The molecule has 0 aliphatic carbocycles. The molecule has 1 amide bonds. The Morgan fingerprint density at radius 1 is 0.968 bits per heavy atom. The Kier molecular flexibility index (Phi) is 5.31. The molecule has 1 fully saturated rings. The number of nitrogens with one attached hydrogen (secondary N) is 2.